The summed E-state index contributed by atoms with van der Waals surface area (Å²) in [6.07, 6.45) is 0.605. The third-order valence-electron chi connectivity index (χ3n) is 4.23. The maximum absolute atomic E-state index is 13.9. The third-order valence-corrected chi connectivity index (χ3v) is 4.23. The Kier molecular flexibility index (Phi) is 5.65. The van der Waals surface area contributed by atoms with Crippen molar-refractivity contribution in [3.05, 3.63) is 41.5 Å². The number of guanidine groups is 1. The van der Waals surface area contributed by atoms with Gasteiger partial charge in [0.1, 0.15) is 11.6 Å². The van der Waals surface area contributed by atoms with E-state index in [4.69, 9.17) is 4.52 Å². The molecule has 0 radical (unpaired) electrons. The number of aliphatic imine (C=N–C) groups is 1. The van der Waals surface area contributed by atoms with Crippen molar-refractivity contribution in [2.45, 2.75) is 13.3 Å². The first-order chi connectivity index (χ1) is 12.6. The molecule has 140 valence electrons. The molecule has 1 saturated heterocycles. The minimum Gasteiger partial charge on any atom is -0.366 e. The van der Waals surface area contributed by atoms with Crippen LogP contribution in [-0.2, 0) is 6.42 Å². The second-order valence-corrected chi connectivity index (χ2v) is 6.03. The number of hydrogen-bond donors (Lipinski definition) is 1. The highest BCUT2D eigenvalue weighted by molar-refractivity contribution is 5.80. The number of rotatable bonds is 4. The minimum absolute atomic E-state index is 0.305. The number of piperazine rings is 1. The van der Waals surface area contributed by atoms with Crippen LogP contribution in [0.3, 0.4) is 0 Å². The lowest BCUT2D eigenvalue weighted by Gasteiger charge is -2.37. The second kappa shape index (κ2) is 8.11. The highest BCUT2D eigenvalue weighted by atomic mass is 19.1. The summed E-state index contributed by atoms with van der Waals surface area (Å²) in [5, 5.41) is 7.02. The number of nitrogens with one attached hydrogen (secondary N) is 1. The molecular formula is C17H22F2N6O. The summed E-state index contributed by atoms with van der Waals surface area (Å²) in [6, 6.07) is 3.53. The Bertz CT molecular complexity index is 770. The van der Waals surface area contributed by atoms with Gasteiger partial charge in [-0.3, -0.25) is 4.99 Å². The molecule has 0 amide bonds. The summed E-state index contributed by atoms with van der Waals surface area (Å²) in [4.78, 5) is 12.4. The smallest absolute Gasteiger partial charge is 0.228 e. The quantitative estimate of drug-likeness (QED) is 0.656. The van der Waals surface area contributed by atoms with Gasteiger partial charge >= 0.3 is 0 Å². The van der Waals surface area contributed by atoms with Crippen molar-refractivity contribution >= 4 is 11.6 Å². The average molecular weight is 364 g/mol. The molecule has 2 heterocycles. The Balaban J connectivity index is 1.51. The predicted octanol–water partition coefficient (Wildman–Crippen LogP) is 1.60. The van der Waals surface area contributed by atoms with E-state index in [-0.39, 0.29) is 0 Å². The van der Waals surface area contributed by atoms with Crippen LogP contribution in [0.4, 0.5) is 14.5 Å². The number of anilines is 1. The number of halogens is 2. The summed E-state index contributed by atoms with van der Waals surface area (Å²) in [6.45, 7) is 4.89. The first-order valence-corrected chi connectivity index (χ1v) is 8.51. The molecule has 1 aromatic carbocycles. The van der Waals surface area contributed by atoms with E-state index in [1.165, 1.54) is 6.07 Å². The van der Waals surface area contributed by atoms with Crippen LogP contribution < -0.4 is 10.2 Å². The molecule has 0 saturated carbocycles. The monoisotopic (exact) mass is 364 g/mol. The number of benzene rings is 1. The van der Waals surface area contributed by atoms with Gasteiger partial charge in [0.25, 0.3) is 0 Å². The fourth-order valence-corrected chi connectivity index (χ4v) is 2.94. The van der Waals surface area contributed by atoms with Crippen molar-refractivity contribution in [2.75, 3.05) is 44.7 Å². The number of aromatic nitrogens is 2. The van der Waals surface area contributed by atoms with E-state index < -0.39 is 11.6 Å². The molecule has 9 heteroatoms. The summed E-state index contributed by atoms with van der Waals surface area (Å²) in [5.41, 5.74) is 0.305. The van der Waals surface area contributed by atoms with Gasteiger partial charge in [0.15, 0.2) is 11.8 Å². The molecule has 7 nitrogen and oxygen atoms in total. The Morgan fingerprint density at radius 2 is 2.04 bits per heavy atom. The van der Waals surface area contributed by atoms with Gasteiger partial charge in [-0.15, -0.1) is 0 Å². The first-order valence-electron chi connectivity index (χ1n) is 8.51. The fraction of sp³-hybridized carbons (Fsp3) is 0.471. The van der Waals surface area contributed by atoms with Crippen LogP contribution in [0.1, 0.15) is 11.7 Å². The van der Waals surface area contributed by atoms with Crippen LogP contribution in [0.2, 0.25) is 0 Å². The van der Waals surface area contributed by atoms with E-state index in [0.717, 1.165) is 18.1 Å². The molecule has 1 fully saturated rings. The second-order valence-electron chi connectivity index (χ2n) is 6.03. The fourth-order valence-electron chi connectivity index (χ4n) is 2.94. The predicted molar refractivity (Wildman–Crippen MR) is 94.2 cm³/mol. The lowest BCUT2D eigenvalue weighted by molar-refractivity contribution is 0.362. The van der Waals surface area contributed by atoms with Gasteiger partial charge in [0.2, 0.25) is 5.89 Å². The zero-order valence-electron chi connectivity index (χ0n) is 14.9. The van der Waals surface area contributed by atoms with Gasteiger partial charge in [-0.1, -0.05) is 5.16 Å². The van der Waals surface area contributed by atoms with Crippen LogP contribution in [0, 0.1) is 18.6 Å². The van der Waals surface area contributed by atoms with E-state index in [1.807, 2.05) is 4.90 Å². The SMILES string of the molecule is CN=C(NCCc1nc(C)no1)N1CCN(c2cc(F)ccc2F)CC1. The first kappa shape index (κ1) is 18.1. The Morgan fingerprint density at radius 1 is 1.27 bits per heavy atom. The molecule has 3 rings (SSSR count). The van der Waals surface area contributed by atoms with Gasteiger partial charge in [-0.2, -0.15) is 4.98 Å². The lowest BCUT2D eigenvalue weighted by atomic mass is 10.2. The molecule has 0 bridgehead atoms. The van der Waals surface area contributed by atoms with Gasteiger partial charge < -0.3 is 19.6 Å². The van der Waals surface area contributed by atoms with Crippen LogP contribution in [0.25, 0.3) is 0 Å². The molecule has 1 aliphatic rings. The molecule has 0 atom stereocenters. The maximum Gasteiger partial charge on any atom is 0.228 e. The topological polar surface area (TPSA) is 69.8 Å². The largest absolute Gasteiger partial charge is 0.366 e. The third kappa shape index (κ3) is 4.27. The van der Waals surface area contributed by atoms with E-state index in [9.17, 15) is 8.78 Å². The van der Waals surface area contributed by atoms with Crippen molar-refractivity contribution < 1.29 is 13.3 Å². The molecule has 1 N–H and O–H groups in total. The number of nitrogens with zero attached hydrogens (tertiary/aromatic N) is 5. The van der Waals surface area contributed by atoms with E-state index in [1.54, 1.807) is 14.0 Å². The minimum atomic E-state index is -0.433. The maximum atomic E-state index is 13.9. The van der Waals surface area contributed by atoms with Crippen molar-refractivity contribution in [1.82, 2.24) is 20.4 Å². The van der Waals surface area contributed by atoms with Crippen LogP contribution in [0.5, 0.6) is 0 Å². The molecular weight excluding hydrogens is 342 g/mol. The highest BCUT2D eigenvalue weighted by Gasteiger charge is 2.22. The normalized spacial score (nSPS) is 15.5. The van der Waals surface area contributed by atoms with Crippen molar-refractivity contribution in [3.8, 4) is 0 Å². The van der Waals surface area contributed by atoms with E-state index >= 15 is 0 Å². The van der Waals surface area contributed by atoms with Gasteiger partial charge in [0, 0.05) is 52.3 Å². The molecule has 0 aliphatic carbocycles. The lowest BCUT2D eigenvalue weighted by Crippen LogP contribution is -2.53. The van der Waals surface area contributed by atoms with Crippen molar-refractivity contribution in [2.24, 2.45) is 4.99 Å². The zero-order chi connectivity index (χ0) is 18.5. The molecule has 0 spiro atoms. The molecule has 26 heavy (non-hydrogen) atoms. The van der Waals surface area contributed by atoms with Crippen LogP contribution >= 0.6 is 0 Å². The summed E-state index contributed by atoms with van der Waals surface area (Å²) in [5.74, 6) is 1.12. The van der Waals surface area contributed by atoms with E-state index in [0.29, 0.717) is 56.5 Å². The van der Waals surface area contributed by atoms with Gasteiger partial charge in [-0.25, -0.2) is 8.78 Å². The standard InChI is InChI=1S/C17H22F2N6O/c1-12-22-16(26-23-12)5-6-21-17(20-2)25-9-7-24(8-10-25)15-11-13(18)3-4-14(15)19/h3-4,11H,5-10H2,1-2H3,(H,20,21). The Labute approximate surface area is 150 Å². The Morgan fingerprint density at radius 3 is 2.69 bits per heavy atom. The molecule has 2 aromatic rings. The number of aryl methyl sites for hydroxylation is 1. The molecule has 0 unspecified atom stereocenters. The molecule has 1 aliphatic heterocycles. The summed E-state index contributed by atoms with van der Waals surface area (Å²) < 4.78 is 32.4. The zero-order valence-corrected chi connectivity index (χ0v) is 14.9. The van der Waals surface area contributed by atoms with E-state index in [2.05, 4.69) is 25.3 Å². The Hall–Kier alpha value is -2.71. The van der Waals surface area contributed by atoms with Gasteiger partial charge in [-0.05, 0) is 19.1 Å². The van der Waals surface area contributed by atoms with Gasteiger partial charge in [0.05, 0.1) is 5.69 Å². The molecule has 1 aromatic heterocycles. The average Bonchev–Trinajstić information content (AvgIpc) is 3.06. The summed E-state index contributed by atoms with van der Waals surface area (Å²) in [7, 11) is 1.72. The number of hydrogen-bond acceptors (Lipinski definition) is 5. The van der Waals surface area contributed by atoms with Crippen molar-refractivity contribution in [3.63, 3.8) is 0 Å². The highest BCUT2D eigenvalue weighted by Crippen LogP contribution is 2.21. The van der Waals surface area contributed by atoms with Crippen molar-refractivity contribution in [1.29, 1.82) is 0 Å². The van der Waals surface area contributed by atoms with Crippen LogP contribution in [0.15, 0.2) is 27.7 Å². The van der Waals surface area contributed by atoms with Crippen LogP contribution in [-0.4, -0.2) is 60.8 Å². The summed E-state index contributed by atoms with van der Waals surface area (Å²) >= 11 is 0.